The number of aromatic amines is 1. The van der Waals surface area contributed by atoms with Gasteiger partial charge in [-0.15, -0.1) is 0 Å². The fourth-order valence-corrected chi connectivity index (χ4v) is 2.10. The maximum Gasteiger partial charge on any atom is 0.190 e. The van der Waals surface area contributed by atoms with Crippen LogP contribution in [0.5, 0.6) is 17.2 Å². The van der Waals surface area contributed by atoms with Crippen molar-refractivity contribution in [1.29, 1.82) is 0 Å². The lowest BCUT2D eigenvalue weighted by atomic mass is 10.1. The molecule has 0 fully saturated rings. The number of phenols is 3. The Bertz CT molecular complexity index is 917. The highest BCUT2D eigenvalue weighted by Crippen LogP contribution is 2.29. The summed E-state index contributed by atoms with van der Waals surface area (Å²) in [5.41, 5.74) is 0.622. The van der Waals surface area contributed by atoms with Crippen molar-refractivity contribution in [2.24, 2.45) is 0 Å². The standard InChI is InChI=1S/C15H10FNO4/c16-9-3-7(1-2-12(9)18)10-5-13(19)8-4-14(20)15(21)6-11(8)17-10/h1-6,18,20-21H,(H,17,19). The van der Waals surface area contributed by atoms with E-state index in [1.165, 1.54) is 24.3 Å². The fourth-order valence-electron chi connectivity index (χ4n) is 2.10. The molecule has 0 radical (unpaired) electrons. The minimum Gasteiger partial charge on any atom is -0.505 e. The average molecular weight is 287 g/mol. The van der Waals surface area contributed by atoms with Crippen molar-refractivity contribution >= 4 is 10.9 Å². The van der Waals surface area contributed by atoms with Crippen molar-refractivity contribution in [3.05, 3.63) is 52.4 Å². The highest BCUT2D eigenvalue weighted by Gasteiger charge is 2.10. The summed E-state index contributed by atoms with van der Waals surface area (Å²) in [6.45, 7) is 0. The maximum atomic E-state index is 13.4. The van der Waals surface area contributed by atoms with Crippen molar-refractivity contribution in [2.75, 3.05) is 0 Å². The molecule has 0 aliphatic carbocycles. The molecule has 0 atom stereocenters. The van der Waals surface area contributed by atoms with Gasteiger partial charge in [0.05, 0.1) is 5.52 Å². The molecule has 2 aromatic carbocycles. The molecule has 0 bridgehead atoms. The van der Waals surface area contributed by atoms with E-state index in [0.717, 1.165) is 12.1 Å². The van der Waals surface area contributed by atoms with Gasteiger partial charge in [-0.1, -0.05) is 0 Å². The highest BCUT2D eigenvalue weighted by molar-refractivity contribution is 5.84. The third-order valence-electron chi connectivity index (χ3n) is 3.18. The Hall–Kier alpha value is -3.02. The Kier molecular flexibility index (Phi) is 2.79. The number of aromatic nitrogens is 1. The van der Waals surface area contributed by atoms with Crippen LogP contribution >= 0.6 is 0 Å². The van der Waals surface area contributed by atoms with Gasteiger partial charge >= 0.3 is 0 Å². The second-order valence-electron chi connectivity index (χ2n) is 4.60. The first kappa shape index (κ1) is 13.0. The van der Waals surface area contributed by atoms with Gasteiger partial charge in [0.15, 0.2) is 28.5 Å². The summed E-state index contributed by atoms with van der Waals surface area (Å²) < 4.78 is 13.4. The topological polar surface area (TPSA) is 93.5 Å². The molecule has 1 aromatic heterocycles. The lowest BCUT2D eigenvalue weighted by Crippen LogP contribution is -2.03. The van der Waals surface area contributed by atoms with Crippen LogP contribution in [0.2, 0.25) is 0 Å². The molecule has 0 aliphatic rings. The Balaban J connectivity index is 2.27. The number of nitrogens with one attached hydrogen (secondary N) is 1. The Labute approximate surface area is 117 Å². The van der Waals surface area contributed by atoms with E-state index in [1.807, 2.05) is 0 Å². The van der Waals surface area contributed by atoms with Crippen LogP contribution < -0.4 is 5.43 Å². The van der Waals surface area contributed by atoms with E-state index in [2.05, 4.69) is 4.98 Å². The van der Waals surface area contributed by atoms with Gasteiger partial charge in [-0.2, -0.15) is 0 Å². The van der Waals surface area contributed by atoms with Gasteiger partial charge in [0, 0.05) is 28.8 Å². The minimum absolute atomic E-state index is 0.202. The van der Waals surface area contributed by atoms with Crippen LogP contribution in [-0.4, -0.2) is 20.3 Å². The summed E-state index contributed by atoms with van der Waals surface area (Å²) in [5.74, 6) is -2.05. The zero-order valence-corrected chi connectivity index (χ0v) is 10.6. The molecule has 6 heteroatoms. The smallest absolute Gasteiger partial charge is 0.190 e. The molecule has 0 amide bonds. The first-order valence-corrected chi connectivity index (χ1v) is 6.03. The second-order valence-corrected chi connectivity index (χ2v) is 4.60. The normalized spacial score (nSPS) is 10.9. The number of H-pyrrole nitrogens is 1. The molecular weight excluding hydrogens is 277 g/mol. The molecule has 0 unspecified atom stereocenters. The van der Waals surface area contributed by atoms with Crippen LogP contribution in [0.25, 0.3) is 22.2 Å². The zero-order valence-electron chi connectivity index (χ0n) is 10.6. The number of hydrogen-bond acceptors (Lipinski definition) is 4. The summed E-state index contributed by atoms with van der Waals surface area (Å²) in [7, 11) is 0. The van der Waals surface area contributed by atoms with Crippen molar-refractivity contribution in [3.8, 4) is 28.5 Å². The predicted molar refractivity (Wildman–Crippen MR) is 75.0 cm³/mol. The number of phenolic OH excluding ortho intramolecular Hbond substituents is 3. The Morgan fingerprint density at radius 2 is 1.62 bits per heavy atom. The van der Waals surface area contributed by atoms with Crippen molar-refractivity contribution < 1.29 is 19.7 Å². The van der Waals surface area contributed by atoms with Gasteiger partial charge < -0.3 is 20.3 Å². The first-order valence-electron chi connectivity index (χ1n) is 6.03. The SMILES string of the molecule is O=c1cc(-c2ccc(O)c(F)c2)[nH]c2cc(O)c(O)cc12. The molecule has 0 saturated carbocycles. The van der Waals surface area contributed by atoms with Crippen molar-refractivity contribution in [3.63, 3.8) is 0 Å². The average Bonchev–Trinajstić information content (AvgIpc) is 2.44. The molecule has 0 spiro atoms. The fraction of sp³-hybridized carbons (Fsp3) is 0. The van der Waals surface area contributed by atoms with E-state index in [4.69, 9.17) is 0 Å². The van der Waals surface area contributed by atoms with Crippen LogP contribution in [0.4, 0.5) is 4.39 Å². The van der Waals surface area contributed by atoms with Gasteiger partial charge in [-0.05, 0) is 24.3 Å². The molecule has 4 N–H and O–H groups in total. The number of aromatic hydroxyl groups is 3. The summed E-state index contributed by atoms with van der Waals surface area (Å²) in [6.07, 6.45) is 0. The largest absolute Gasteiger partial charge is 0.505 e. The Morgan fingerprint density at radius 1 is 0.905 bits per heavy atom. The third kappa shape index (κ3) is 2.16. The van der Waals surface area contributed by atoms with Crippen molar-refractivity contribution in [2.45, 2.75) is 0 Å². The molecule has 3 rings (SSSR count). The van der Waals surface area contributed by atoms with Crippen LogP contribution in [0.1, 0.15) is 0 Å². The number of rotatable bonds is 1. The number of fused-ring (bicyclic) bond motifs is 1. The van der Waals surface area contributed by atoms with Gasteiger partial charge in [-0.25, -0.2) is 4.39 Å². The number of hydrogen-bond donors (Lipinski definition) is 4. The van der Waals surface area contributed by atoms with Gasteiger partial charge in [-0.3, -0.25) is 4.79 Å². The van der Waals surface area contributed by atoms with E-state index in [-0.39, 0.29) is 16.6 Å². The van der Waals surface area contributed by atoms with Crippen LogP contribution in [0.15, 0.2) is 41.2 Å². The molecule has 3 aromatic rings. The number of pyridine rings is 1. The molecule has 21 heavy (non-hydrogen) atoms. The number of benzene rings is 2. The van der Waals surface area contributed by atoms with Gasteiger partial charge in [0.2, 0.25) is 0 Å². The molecule has 106 valence electrons. The summed E-state index contributed by atoms with van der Waals surface area (Å²) >= 11 is 0. The summed E-state index contributed by atoms with van der Waals surface area (Å²) in [4.78, 5) is 14.9. The Morgan fingerprint density at radius 3 is 2.33 bits per heavy atom. The lowest BCUT2D eigenvalue weighted by Gasteiger charge is -2.07. The van der Waals surface area contributed by atoms with E-state index in [1.54, 1.807) is 0 Å². The monoisotopic (exact) mass is 287 g/mol. The van der Waals surface area contributed by atoms with Gasteiger partial charge in [0.1, 0.15) is 0 Å². The minimum atomic E-state index is -0.804. The maximum absolute atomic E-state index is 13.4. The van der Waals surface area contributed by atoms with Gasteiger partial charge in [0.25, 0.3) is 0 Å². The summed E-state index contributed by atoms with van der Waals surface area (Å²) in [6, 6.07) is 7.35. The number of halogens is 1. The molecule has 0 saturated heterocycles. The molecular formula is C15H10FNO4. The lowest BCUT2D eigenvalue weighted by molar-refractivity contribution is 0.405. The highest BCUT2D eigenvalue weighted by atomic mass is 19.1. The van der Waals surface area contributed by atoms with E-state index in [9.17, 15) is 24.5 Å². The molecule has 0 aliphatic heterocycles. The predicted octanol–water partition coefficient (Wildman–Crippen LogP) is 2.45. The molecule has 1 heterocycles. The van der Waals surface area contributed by atoms with E-state index < -0.39 is 17.3 Å². The quantitative estimate of drug-likeness (QED) is 0.517. The van der Waals surface area contributed by atoms with Crippen LogP contribution in [0, 0.1) is 5.82 Å². The third-order valence-corrected chi connectivity index (χ3v) is 3.18. The van der Waals surface area contributed by atoms with Crippen molar-refractivity contribution in [1.82, 2.24) is 4.98 Å². The summed E-state index contributed by atoms with van der Waals surface area (Å²) in [5, 5.41) is 28.3. The van der Waals surface area contributed by atoms with E-state index in [0.29, 0.717) is 16.8 Å². The zero-order chi connectivity index (χ0) is 15.1. The van der Waals surface area contributed by atoms with Crippen LogP contribution in [-0.2, 0) is 0 Å². The first-order chi connectivity index (χ1) is 9.95. The second kappa shape index (κ2) is 4.52. The van der Waals surface area contributed by atoms with Crippen LogP contribution in [0.3, 0.4) is 0 Å². The van der Waals surface area contributed by atoms with E-state index >= 15 is 0 Å². The molecule has 5 nitrogen and oxygen atoms in total.